The van der Waals surface area contributed by atoms with Crippen LogP contribution in [-0.2, 0) is 35.6 Å². The molecule has 2 aliphatic carbocycles. The molecule has 1 amide bonds. The molecule has 11 heteroatoms. The van der Waals surface area contributed by atoms with Crippen molar-refractivity contribution < 1.29 is 47.6 Å². The lowest BCUT2D eigenvalue weighted by atomic mass is 9.49. The van der Waals surface area contributed by atoms with E-state index in [-0.39, 0.29) is 69.3 Å². The molecule has 11 nitrogen and oxygen atoms in total. The van der Waals surface area contributed by atoms with E-state index in [1.165, 1.54) is 18.2 Å². The van der Waals surface area contributed by atoms with Crippen LogP contribution in [0.5, 0.6) is 11.5 Å². The van der Waals surface area contributed by atoms with Crippen LogP contribution < -0.4 is 9.47 Å². The molecule has 2 heterocycles. The Balaban J connectivity index is 1.65. The van der Waals surface area contributed by atoms with Gasteiger partial charge in [-0.1, -0.05) is 44.0 Å². The van der Waals surface area contributed by atoms with Gasteiger partial charge in [-0.2, -0.15) is 0 Å². The number of ketones is 1. The third-order valence-corrected chi connectivity index (χ3v) is 7.86. The van der Waals surface area contributed by atoms with Gasteiger partial charge in [0.25, 0.3) is 0 Å². The molecular weight excluding hydrogens is 510 g/mol. The number of nitrogens with zero attached hydrogens (tertiary/aromatic N) is 1. The Labute approximate surface area is 224 Å². The first-order valence-electron chi connectivity index (χ1n) is 12.6. The predicted molar refractivity (Wildman–Crippen MR) is 135 cm³/mol. The smallest absolute Gasteiger partial charge is 0.477 e. The van der Waals surface area contributed by atoms with Crippen LogP contribution in [0.1, 0.15) is 30.4 Å². The molecule has 0 aromatic heterocycles. The molecule has 4 aliphatic rings. The number of hydrogen-bond acceptors (Lipinski definition) is 10. The molecule has 1 spiro atoms. The van der Waals surface area contributed by atoms with Crippen molar-refractivity contribution in [3.8, 4) is 11.5 Å². The lowest BCUT2D eigenvalue weighted by molar-refractivity contribution is -0.191. The molecule has 1 saturated heterocycles. The normalized spacial score (nSPS) is 27.3. The molecule has 206 valence electrons. The summed E-state index contributed by atoms with van der Waals surface area (Å²) in [5, 5.41) is 0. The SMILES string of the molecule is C=CCOC(=O)Oc1ccc2c3c1O[C@H]1C(=O)CCC4(OC(=O)OCC=C)[C@@H](C2)N(C(=O)OCC=C)CCC314. The third kappa shape index (κ3) is 3.95. The Bertz CT molecular complexity index is 1260. The zero-order chi connectivity index (χ0) is 27.8. The number of rotatable bonds is 8. The molecule has 0 N–H and O–H groups in total. The molecule has 2 unspecified atom stereocenters. The van der Waals surface area contributed by atoms with Gasteiger partial charge in [0.1, 0.15) is 19.8 Å². The maximum atomic E-state index is 13.4. The average Bonchev–Trinajstić information content (AvgIpc) is 3.28. The second-order valence-corrected chi connectivity index (χ2v) is 9.68. The highest BCUT2D eigenvalue weighted by Gasteiger charge is 2.76. The monoisotopic (exact) mass is 539 g/mol. The van der Waals surface area contributed by atoms with Gasteiger partial charge < -0.3 is 33.3 Å². The van der Waals surface area contributed by atoms with Gasteiger partial charge in [0, 0.05) is 18.5 Å². The Morgan fingerprint density at radius 1 is 1.00 bits per heavy atom. The molecule has 39 heavy (non-hydrogen) atoms. The standard InChI is InChI=1S/C28H29NO10/c1-4-13-34-24(31)29-12-11-27-21-17-7-8-19(37-25(32)35-14-5-2)22(21)38-23(27)18(30)9-10-28(27,20(29)16-17)39-26(33)36-15-6-3/h4-8,20,23H,1-3,9-16H2/t20-,23+,27?,28?/m1/s1. The fourth-order valence-corrected chi connectivity index (χ4v) is 6.56. The van der Waals surface area contributed by atoms with Gasteiger partial charge in [0.05, 0.1) is 11.5 Å². The molecule has 1 aromatic rings. The number of likely N-dealkylation sites (tertiary alicyclic amines) is 1. The number of Topliss-reactive ketones (excluding diaryl/α,β-unsaturated/α-hetero) is 1. The van der Waals surface area contributed by atoms with E-state index in [9.17, 15) is 19.2 Å². The topological polar surface area (TPSA) is 127 Å². The van der Waals surface area contributed by atoms with Crippen LogP contribution in [0.15, 0.2) is 50.1 Å². The van der Waals surface area contributed by atoms with Crippen molar-refractivity contribution in [1.82, 2.24) is 4.90 Å². The zero-order valence-electron chi connectivity index (χ0n) is 21.3. The summed E-state index contributed by atoms with van der Waals surface area (Å²) in [7, 11) is 0. The van der Waals surface area contributed by atoms with Gasteiger partial charge in [0.15, 0.2) is 29.0 Å². The highest BCUT2D eigenvalue weighted by atomic mass is 16.7. The number of piperidine rings is 1. The van der Waals surface area contributed by atoms with Gasteiger partial charge in [0.2, 0.25) is 0 Å². The quantitative estimate of drug-likeness (QED) is 0.208. The van der Waals surface area contributed by atoms with Crippen LogP contribution in [-0.4, -0.2) is 73.2 Å². The largest absolute Gasteiger partial charge is 0.514 e. The van der Waals surface area contributed by atoms with E-state index >= 15 is 0 Å². The second kappa shape index (κ2) is 10.1. The number of amides is 1. The molecule has 2 aliphatic heterocycles. The summed E-state index contributed by atoms with van der Waals surface area (Å²) in [5.41, 5.74) is -1.13. The summed E-state index contributed by atoms with van der Waals surface area (Å²) in [5.74, 6) is 0.116. The lowest BCUT2D eigenvalue weighted by Gasteiger charge is -2.62. The van der Waals surface area contributed by atoms with Crippen molar-refractivity contribution in [3.05, 3.63) is 61.2 Å². The summed E-state index contributed by atoms with van der Waals surface area (Å²) in [6, 6.07) is 2.64. The minimum Gasteiger partial charge on any atom is -0.477 e. The summed E-state index contributed by atoms with van der Waals surface area (Å²) in [4.78, 5) is 53.3. The molecule has 5 rings (SSSR count). The highest BCUT2D eigenvalue weighted by Crippen LogP contribution is 2.66. The number of ether oxygens (including phenoxy) is 6. The lowest BCUT2D eigenvalue weighted by Crippen LogP contribution is -2.78. The van der Waals surface area contributed by atoms with Gasteiger partial charge in [-0.15, -0.1) is 0 Å². The van der Waals surface area contributed by atoms with E-state index in [2.05, 4.69) is 19.7 Å². The molecule has 1 saturated carbocycles. The van der Waals surface area contributed by atoms with E-state index in [0.29, 0.717) is 5.56 Å². The van der Waals surface area contributed by atoms with E-state index in [4.69, 9.17) is 28.4 Å². The van der Waals surface area contributed by atoms with E-state index in [1.54, 1.807) is 17.0 Å². The zero-order valence-corrected chi connectivity index (χ0v) is 21.3. The van der Waals surface area contributed by atoms with Gasteiger partial charge in [-0.3, -0.25) is 4.79 Å². The Morgan fingerprint density at radius 2 is 1.69 bits per heavy atom. The van der Waals surface area contributed by atoms with Crippen molar-refractivity contribution >= 4 is 24.2 Å². The van der Waals surface area contributed by atoms with Crippen LogP contribution >= 0.6 is 0 Å². The number of hydrogen-bond donors (Lipinski definition) is 0. The first-order valence-corrected chi connectivity index (χ1v) is 12.6. The van der Waals surface area contributed by atoms with E-state index in [0.717, 1.165) is 5.56 Å². The summed E-state index contributed by atoms with van der Waals surface area (Å²) >= 11 is 0. The van der Waals surface area contributed by atoms with Crippen LogP contribution in [0.4, 0.5) is 14.4 Å². The van der Waals surface area contributed by atoms with Crippen LogP contribution in [0.25, 0.3) is 0 Å². The Hall–Kier alpha value is -4.28. The summed E-state index contributed by atoms with van der Waals surface area (Å²) < 4.78 is 33.4. The van der Waals surface area contributed by atoms with Crippen LogP contribution in [0, 0.1) is 0 Å². The predicted octanol–water partition coefficient (Wildman–Crippen LogP) is 3.78. The molecule has 0 radical (unpaired) electrons. The highest BCUT2D eigenvalue weighted by molar-refractivity contribution is 5.91. The molecule has 2 bridgehead atoms. The first-order chi connectivity index (χ1) is 18.8. The molecule has 4 atom stereocenters. The summed E-state index contributed by atoms with van der Waals surface area (Å²) in [6.07, 6.45) is 1.41. The second-order valence-electron chi connectivity index (χ2n) is 9.68. The molecular formula is C28H29NO10. The Kier molecular flexibility index (Phi) is 6.83. The fourth-order valence-electron chi connectivity index (χ4n) is 6.56. The van der Waals surface area contributed by atoms with Crippen LogP contribution in [0.3, 0.4) is 0 Å². The number of benzene rings is 1. The molecule has 2 fully saturated rings. The number of carbonyl (C=O) groups is 4. The minimum absolute atomic E-state index is 0.00996. The maximum Gasteiger partial charge on any atom is 0.514 e. The van der Waals surface area contributed by atoms with Gasteiger partial charge in [-0.05, 0) is 30.9 Å². The number of carbonyl (C=O) groups excluding carboxylic acids is 4. The van der Waals surface area contributed by atoms with Crippen LogP contribution in [0.2, 0.25) is 0 Å². The van der Waals surface area contributed by atoms with Gasteiger partial charge >= 0.3 is 18.4 Å². The van der Waals surface area contributed by atoms with Crippen molar-refractivity contribution in [2.75, 3.05) is 26.4 Å². The average molecular weight is 540 g/mol. The summed E-state index contributed by atoms with van der Waals surface area (Å²) in [6.45, 7) is 10.8. The Morgan fingerprint density at radius 3 is 2.41 bits per heavy atom. The fraction of sp³-hybridized carbons (Fsp3) is 0.429. The van der Waals surface area contributed by atoms with Crippen molar-refractivity contribution in [1.29, 1.82) is 0 Å². The van der Waals surface area contributed by atoms with Crippen molar-refractivity contribution in [2.45, 2.75) is 48.8 Å². The van der Waals surface area contributed by atoms with Gasteiger partial charge in [-0.25, -0.2) is 14.4 Å². The van der Waals surface area contributed by atoms with Crippen molar-refractivity contribution in [3.63, 3.8) is 0 Å². The first kappa shape index (κ1) is 26.3. The maximum absolute atomic E-state index is 13.4. The van der Waals surface area contributed by atoms with E-state index in [1.807, 2.05) is 0 Å². The van der Waals surface area contributed by atoms with E-state index < -0.39 is 41.6 Å². The minimum atomic E-state index is -1.38. The van der Waals surface area contributed by atoms with Crippen molar-refractivity contribution in [2.24, 2.45) is 0 Å². The third-order valence-electron chi connectivity index (χ3n) is 7.86. The molecule has 1 aromatic carbocycles.